The number of hydrogen-bond acceptors (Lipinski definition) is 4. The van der Waals surface area contributed by atoms with Crippen LogP contribution >= 0.6 is 11.6 Å². The highest BCUT2D eigenvalue weighted by atomic mass is 35.5. The zero-order chi connectivity index (χ0) is 11.3. The molecule has 0 unspecified atom stereocenters. The number of ether oxygens (including phenoxy) is 1. The Bertz CT molecular complexity index is 370. The van der Waals surface area contributed by atoms with Crippen LogP contribution in [0.5, 0.6) is 0 Å². The molecule has 0 saturated heterocycles. The van der Waals surface area contributed by atoms with Gasteiger partial charge in [-0.15, -0.1) is 0 Å². The third-order valence-corrected chi connectivity index (χ3v) is 2.36. The molecular formula is C9H12ClN3O2. The molecule has 6 heteroatoms. The van der Waals surface area contributed by atoms with Crippen molar-refractivity contribution < 1.29 is 9.84 Å². The summed E-state index contributed by atoms with van der Waals surface area (Å²) in [5, 5.41) is 22.1. The molecule has 0 fully saturated rings. The second-order valence-electron chi connectivity index (χ2n) is 2.94. The fourth-order valence-corrected chi connectivity index (χ4v) is 1.53. The van der Waals surface area contributed by atoms with Crippen molar-refractivity contribution in [1.29, 1.82) is 5.26 Å². The number of aryl methyl sites for hydroxylation is 1. The van der Waals surface area contributed by atoms with Crippen molar-refractivity contribution >= 4 is 11.6 Å². The first kappa shape index (κ1) is 12.0. The molecule has 0 amide bonds. The van der Waals surface area contributed by atoms with Gasteiger partial charge in [-0.25, -0.2) is 0 Å². The molecule has 0 radical (unpaired) electrons. The van der Waals surface area contributed by atoms with Crippen molar-refractivity contribution in [2.45, 2.75) is 26.2 Å². The van der Waals surface area contributed by atoms with Crippen LogP contribution in [-0.4, -0.2) is 22.0 Å². The molecule has 5 nitrogen and oxygen atoms in total. The summed E-state index contributed by atoms with van der Waals surface area (Å²) in [5.41, 5.74) is 1.18. The Labute approximate surface area is 92.8 Å². The first-order valence-corrected chi connectivity index (χ1v) is 4.83. The summed E-state index contributed by atoms with van der Waals surface area (Å²) in [6, 6.07) is 2.01. The molecule has 1 rings (SSSR count). The average molecular weight is 230 g/mol. The molecule has 1 aromatic heterocycles. The summed E-state index contributed by atoms with van der Waals surface area (Å²) < 4.78 is 6.44. The topological polar surface area (TPSA) is 71.1 Å². The van der Waals surface area contributed by atoms with E-state index >= 15 is 0 Å². The van der Waals surface area contributed by atoms with E-state index in [2.05, 4.69) is 5.10 Å². The van der Waals surface area contributed by atoms with E-state index in [1.54, 1.807) is 7.11 Å². The number of methoxy groups -OCH3 is 1. The van der Waals surface area contributed by atoms with E-state index in [-0.39, 0.29) is 6.61 Å². The van der Waals surface area contributed by atoms with Crippen molar-refractivity contribution in [3.63, 3.8) is 0 Å². The fraction of sp³-hybridized carbons (Fsp3) is 0.556. The minimum atomic E-state index is -0.177. The van der Waals surface area contributed by atoms with Crippen LogP contribution in [0.25, 0.3) is 0 Å². The Morgan fingerprint density at radius 3 is 2.93 bits per heavy atom. The maximum absolute atomic E-state index is 9.11. The number of aliphatic hydroxyl groups is 1. The molecule has 0 saturated carbocycles. The number of halogens is 1. The SMILES string of the molecule is COCc1nn(CCC#N)c(Cl)c1CO. The number of aromatic nitrogens is 2. The highest BCUT2D eigenvalue weighted by Gasteiger charge is 2.14. The molecule has 0 spiro atoms. The smallest absolute Gasteiger partial charge is 0.132 e. The Balaban J connectivity index is 2.93. The largest absolute Gasteiger partial charge is 0.391 e. The zero-order valence-electron chi connectivity index (χ0n) is 8.40. The number of rotatable bonds is 5. The highest BCUT2D eigenvalue weighted by molar-refractivity contribution is 6.30. The van der Waals surface area contributed by atoms with Gasteiger partial charge in [-0.05, 0) is 0 Å². The Kier molecular flexibility index (Phi) is 4.56. The van der Waals surface area contributed by atoms with Gasteiger partial charge in [0, 0.05) is 12.7 Å². The lowest BCUT2D eigenvalue weighted by Gasteiger charge is -1.98. The summed E-state index contributed by atoms with van der Waals surface area (Å²) in [6.45, 7) is 0.547. The molecule has 0 bridgehead atoms. The van der Waals surface area contributed by atoms with E-state index in [4.69, 9.17) is 26.7 Å². The standard InChI is InChI=1S/C9H12ClN3O2/c1-15-6-8-7(5-14)9(10)13(12-8)4-2-3-11/h14H,2,4-6H2,1H3. The lowest BCUT2D eigenvalue weighted by molar-refractivity contribution is 0.177. The van der Waals surface area contributed by atoms with Crippen molar-refractivity contribution in [3.8, 4) is 6.07 Å². The van der Waals surface area contributed by atoms with Crippen LogP contribution in [0.2, 0.25) is 5.15 Å². The summed E-state index contributed by atoms with van der Waals surface area (Å²) in [5.74, 6) is 0. The van der Waals surface area contributed by atoms with Crippen LogP contribution < -0.4 is 0 Å². The number of nitrogens with zero attached hydrogens (tertiary/aromatic N) is 3. The van der Waals surface area contributed by atoms with Crippen LogP contribution in [0.1, 0.15) is 17.7 Å². The molecular weight excluding hydrogens is 218 g/mol. The first-order valence-electron chi connectivity index (χ1n) is 4.45. The van der Waals surface area contributed by atoms with Crippen LogP contribution in [-0.2, 0) is 24.5 Å². The van der Waals surface area contributed by atoms with Crippen LogP contribution in [0.3, 0.4) is 0 Å². The van der Waals surface area contributed by atoms with Crippen LogP contribution in [0, 0.1) is 11.3 Å². The zero-order valence-corrected chi connectivity index (χ0v) is 9.16. The molecule has 0 aliphatic carbocycles. The molecule has 1 N–H and O–H groups in total. The van der Waals surface area contributed by atoms with E-state index in [0.29, 0.717) is 36.0 Å². The van der Waals surface area contributed by atoms with Crippen LogP contribution in [0.4, 0.5) is 0 Å². The minimum Gasteiger partial charge on any atom is -0.391 e. The molecule has 0 aromatic carbocycles. The Morgan fingerprint density at radius 1 is 1.67 bits per heavy atom. The third-order valence-electron chi connectivity index (χ3n) is 1.94. The normalized spacial score (nSPS) is 10.3. The van der Waals surface area contributed by atoms with Gasteiger partial charge in [0.05, 0.1) is 37.9 Å². The van der Waals surface area contributed by atoms with Gasteiger partial charge in [0.15, 0.2) is 0 Å². The van der Waals surface area contributed by atoms with E-state index < -0.39 is 0 Å². The summed E-state index contributed by atoms with van der Waals surface area (Å²) in [7, 11) is 1.54. The maximum atomic E-state index is 9.11. The van der Waals surface area contributed by atoms with E-state index in [1.165, 1.54) is 4.68 Å². The molecule has 1 aromatic rings. The van der Waals surface area contributed by atoms with E-state index in [0.717, 1.165) is 0 Å². The predicted octanol–water partition coefficient (Wildman–Crippen LogP) is 1.09. The molecule has 15 heavy (non-hydrogen) atoms. The van der Waals surface area contributed by atoms with Crippen molar-refractivity contribution in [1.82, 2.24) is 9.78 Å². The van der Waals surface area contributed by atoms with Gasteiger partial charge < -0.3 is 9.84 Å². The number of hydrogen-bond donors (Lipinski definition) is 1. The van der Waals surface area contributed by atoms with Gasteiger partial charge in [0.25, 0.3) is 0 Å². The minimum absolute atomic E-state index is 0.177. The third kappa shape index (κ3) is 2.69. The predicted molar refractivity (Wildman–Crippen MR) is 54.1 cm³/mol. The highest BCUT2D eigenvalue weighted by Crippen LogP contribution is 2.21. The first-order chi connectivity index (χ1) is 7.24. The summed E-state index contributed by atoms with van der Waals surface area (Å²) in [6.07, 6.45) is 0.332. The lowest BCUT2D eigenvalue weighted by atomic mass is 10.3. The Hall–Kier alpha value is -1.09. The average Bonchev–Trinajstić information content (AvgIpc) is 2.52. The summed E-state index contributed by atoms with van der Waals surface area (Å²) >= 11 is 5.98. The fourth-order valence-electron chi connectivity index (χ4n) is 1.24. The van der Waals surface area contributed by atoms with E-state index in [1.807, 2.05) is 6.07 Å². The molecule has 0 aliphatic rings. The van der Waals surface area contributed by atoms with Gasteiger partial charge in [0.2, 0.25) is 0 Å². The number of nitriles is 1. The molecule has 0 atom stereocenters. The van der Waals surface area contributed by atoms with Gasteiger partial charge in [-0.3, -0.25) is 4.68 Å². The second kappa shape index (κ2) is 5.71. The van der Waals surface area contributed by atoms with Gasteiger partial charge in [-0.1, -0.05) is 11.6 Å². The molecule has 82 valence electrons. The molecule has 0 aliphatic heterocycles. The van der Waals surface area contributed by atoms with E-state index in [9.17, 15) is 0 Å². The molecule has 1 heterocycles. The maximum Gasteiger partial charge on any atom is 0.132 e. The lowest BCUT2D eigenvalue weighted by Crippen LogP contribution is -2.00. The van der Waals surface area contributed by atoms with Gasteiger partial charge in [-0.2, -0.15) is 10.4 Å². The summed E-state index contributed by atoms with van der Waals surface area (Å²) in [4.78, 5) is 0. The number of aliphatic hydroxyl groups excluding tert-OH is 1. The van der Waals surface area contributed by atoms with Gasteiger partial charge in [0.1, 0.15) is 5.15 Å². The van der Waals surface area contributed by atoms with Gasteiger partial charge >= 0.3 is 0 Å². The Morgan fingerprint density at radius 2 is 2.40 bits per heavy atom. The van der Waals surface area contributed by atoms with Crippen molar-refractivity contribution in [2.24, 2.45) is 0 Å². The van der Waals surface area contributed by atoms with Crippen molar-refractivity contribution in [2.75, 3.05) is 7.11 Å². The second-order valence-corrected chi connectivity index (χ2v) is 3.30. The van der Waals surface area contributed by atoms with Crippen LogP contribution in [0.15, 0.2) is 0 Å². The van der Waals surface area contributed by atoms with Crippen molar-refractivity contribution in [3.05, 3.63) is 16.4 Å². The monoisotopic (exact) mass is 229 g/mol. The quantitative estimate of drug-likeness (QED) is 0.821.